The number of rotatable bonds is 13. The Balaban J connectivity index is 4.79. The predicted molar refractivity (Wildman–Crippen MR) is 109 cm³/mol. The van der Waals surface area contributed by atoms with Crippen molar-refractivity contribution < 1.29 is 24.3 Å². The van der Waals surface area contributed by atoms with Gasteiger partial charge in [0.15, 0.2) is 0 Å². The monoisotopic (exact) mass is 422 g/mol. The molecule has 0 aromatic heterocycles. The summed E-state index contributed by atoms with van der Waals surface area (Å²) in [6.07, 6.45) is 4.59. The van der Waals surface area contributed by atoms with E-state index in [1.807, 2.05) is 12.5 Å². The van der Waals surface area contributed by atoms with E-state index in [0.29, 0.717) is 18.6 Å². The summed E-state index contributed by atoms with van der Waals surface area (Å²) in [5.41, 5.74) is 5.77. The van der Waals surface area contributed by atoms with Crippen molar-refractivity contribution >= 4 is 47.2 Å². The number of thioether (sulfide) groups is 2. The fourth-order valence-corrected chi connectivity index (χ4v) is 2.90. The van der Waals surface area contributed by atoms with Crippen LogP contribution in [0, 0.1) is 0 Å². The highest BCUT2D eigenvalue weighted by atomic mass is 32.2. The van der Waals surface area contributed by atoms with Gasteiger partial charge in [-0.15, -0.1) is 0 Å². The lowest BCUT2D eigenvalue weighted by atomic mass is 10.1. The second-order valence-electron chi connectivity index (χ2n) is 6.03. The van der Waals surface area contributed by atoms with Crippen molar-refractivity contribution in [2.75, 3.05) is 24.0 Å². The first-order valence-electron chi connectivity index (χ1n) is 8.51. The molecule has 0 saturated heterocycles. The zero-order valence-corrected chi connectivity index (χ0v) is 17.7. The number of carbonyl (C=O) groups excluding carboxylic acids is 3. The quantitative estimate of drug-likeness (QED) is 0.264. The van der Waals surface area contributed by atoms with Crippen molar-refractivity contribution in [2.24, 2.45) is 5.73 Å². The number of hydrogen-bond acceptors (Lipinski definition) is 7. The number of aliphatic carboxylic acids is 1. The van der Waals surface area contributed by atoms with Gasteiger partial charge in [-0.1, -0.05) is 0 Å². The maximum absolute atomic E-state index is 12.3. The fraction of sp³-hybridized carbons (Fsp3) is 0.750. The first-order chi connectivity index (χ1) is 12.6. The van der Waals surface area contributed by atoms with Gasteiger partial charge in [-0.2, -0.15) is 23.5 Å². The highest BCUT2D eigenvalue weighted by molar-refractivity contribution is 7.98. The summed E-state index contributed by atoms with van der Waals surface area (Å²) < 4.78 is 0. The van der Waals surface area contributed by atoms with Gasteiger partial charge in [-0.25, -0.2) is 0 Å². The van der Waals surface area contributed by atoms with Crippen LogP contribution in [0.15, 0.2) is 0 Å². The Hall–Kier alpha value is -1.46. The summed E-state index contributed by atoms with van der Waals surface area (Å²) in [5.74, 6) is -1.39. The largest absolute Gasteiger partial charge is 0.480 e. The maximum Gasteiger partial charge on any atom is 0.325 e. The lowest BCUT2D eigenvalue weighted by Gasteiger charge is -2.22. The summed E-state index contributed by atoms with van der Waals surface area (Å²) in [6, 6.07) is -3.55. The van der Waals surface area contributed by atoms with Crippen LogP contribution in [-0.2, 0) is 19.2 Å². The van der Waals surface area contributed by atoms with E-state index in [2.05, 4.69) is 16.0 Å². The molecular weight excluding hydrogens is 392 g/mol. The van der Waals surface area contributed by atoms with Crippen molar-refractivity contribution in [3.63, 3.8) is 0 Å². The lowest BCUT2D eigenvalue weighted by molar-refractivity contribution is -0.141. The van der Waals surface area contributed by atoms with Crippen molar-refractivity contribution in [3.05, 3.63) is 0 Å². The van der Waals surface area contributed by atoms with Crippen molar-refractivity contribution in [1.29, 1.82) is 0 Å². The summed E-state index contributed by atoms with van der Waals surface area (Å²) in [4.78, 5) is 47.5. The molecule has 0 aliphatic rings. The number of hydrogen-bond donors (Lipinski definition) is 5. The van der Waals surface area contributed by atoms with Gasteiger partial charge in [0.05, 0.1) is 6.04 Å². The zero-order valence-electron chi connectivity index (χ0n) is 16.1. The first-order valence-corrected chi connectivity index (χ1v) is 11.3. The second kappa shape index (κ2) is 13.7. The van der Waals surface area contributed by atoms with Gasteiger partial charge in [0.1, 0.15) is 18.1 Å². The van der Waals surface area contributed by atoms with Crippen LogP contribution in [0.3, 0.4) is 0 Å². The summed E-state index contributed by atoms with van der Waals surface area (Å²) >= 11 is 3.07. The van der Waals surface area contributed by atoms with Gasteiger partial charge < -0.3 is 26.8 Å². The average molecular weight is 423 g/mol. The van der Waals surface area contributed by atoms with E-state index in [-0.39, 0.29) is 0 Å². The Morgan fingerprint density at radius 2 is 1.37 bits per heavy atom. The number of nitrogens with one attached hydrogen (secondary N) is 3. The van der Waals surface area contributed by atoms with E-state index in [0.717, 1.165) is 5.75 Å². The average Bonchev–Trinajstić information content (AvgIpc) is 2.62. The normalized spacial score (nSPS) is 15.1. The SMILES string of the molecule is CSCCC(N)C(=O)NC(C)C(=O)NC(CCSC)C(=O)NC(C)C(=O)O. The summed E-state index contributed by atoms with van der Waals surface area (Å²) in [6.45, 7) is 2.84. The maximum atomic E-state index is 12.3. The Morgan fingerprint density at radius 1 is 0.852 bits per heavy atom. The fourth-order valence-electron chi connectivity index (χ4n) is 1.94. The summed E-state index contributed by atoms with van der Waals surface area (Å²) in [5, 5.41) is 16.3. The van der Waals surface area contributed by atoms with Gasteiger partial charge in [-0.3, -0.25) is 19.2 Å². The molecule has 27 heavy (non-hydrogen) atoms. The predicted octanol–water partition coefficient (Wildman–Crippen LogP) is -0.601. The smallest absolute Gasteiger partial charge is 0.325 e. The molecule has 9 nitrogen and oxygen atoms in total. The molecule has 0 heterocycles. The van der Waals surface area contributed by atoms with Crippen LogP contribution in [0.25, 0.3) is 0 Å². The highest BCUT2D eigenvalue weighted by Crippen LogP contribution is 2.03. The molecule has 4 atom stereocenters. The minimum absolute atomic E-state index is 0.332. The van der Waals surface area contributed by atoms with Gasteiger partial charge in [0.2, 0.25) is 17.7 Å². The number of carbonyl (C=O) groups is 4. The number of carboxylic acid groups (broad SMARTS) is 1. The molecule has 0 rings (SSSR count). The van der Waals surface area contributed by atoms with Crippen molar-refractivity contribution in [1.82, 2.24) is 16.0 Å². The van der Waals surface area contributed by atoms with E-state index >= 15 is 0 Å². The van der Waals surface area contributed by atoms with Crippen LogP contribution in [0.5, 0.6) is 0 Å². The third-order valence-corrected chi connectivity index (χ3v) is 4.98. The van der Waals surface area contributed by atoms with Gasteiger partial charge >= 0.3 is 5.97 Å². The minimum Gasteiger partial charge on any atom is -0.480 e. The van der Waals surface area contributed by atoms with Gasteiger partial charge in [0, 0.05) is 0 Å². The second-order valence-corrected chi connectivity index (χ2v) is 8.00. The molecule has 0 saturated carbocycles. The lowest BCUT2D eigenvalue weighted by Crippen LogP contribution is -2.56. The Kier molecular flexibility index (Phi) is 12.9. The Labute approximate surface area is 168 Å². The zero-order chi connectivity index (χ0) is 21.0. The summed E-state index contributed by atoms with van der Waals surface area (Å²) in [7, 11) is 0. The van der Waals surface area contributed by atoms with Crippen LogP contribution in [0.2, 0.25) is 0 Å². The molecule has 0 fully saturated rings. The van der Waals surface area contributed by atoms with Crippen LogP contribution in [0.4, 0.5) is 0 Å². The third kappa shape index (κ3) is 10.5. The number of carboxylic acids is 1. The molecule has 0 aliphatic heterocycles. The van der Waals surface area contributed by atoms with Crippen LogP contribution < -0.4 is 21.7 Å². The molecule has 156 valence electrons. The van der Waals surface area contributed by atoms with Crippen LogP contribution in [-0.4, -0.2) is 77.0 Å². The topological polar surface area (TPSA) is 151 Å². The molecular formula is C16H30N4O5S2. The number of nitrogens with two attached hydrogens (primary N) is 1. The van der Waals surface area contributed by atoms with E-state index in [9.17, 15) is 19.2 Å². The molecule has 4 unspecified atom stereocenters. The van der Waals surface area contributed by atoms with Crippen molar-refractivity contribution in [2.45, 2.75) is 50.9 Å². The molecule has 0 spiro atoms. The molecule has 0 radical (unpaired) electrons. The molecule has 0 aromatic carbocycles. The first kappa shape index (κ1) is 25.5. The van der Waals surface area contributed by atoms with E-state index in [1.54, 1.807) is 11.8 Å². The molecule has 11 heteroatoms. The molecule has 3 amide bonds. The van der Waals surface area contributed by atoms with Crippen LogP contribution >= 0.6 is 23.5 Å². The highest BCUT2D eigenvalue weighted by Gasteiger charge is 2.27. The standard InChI is InChI=1S/C16H30N4O5S2/c1-9(18-14(22)11(17)5-7-26-3)13(21)20-12(6-8-27-4)15(23)19-10(2)16(24)25/h9-12H,5-8,17H2,1-4H3,(H,18,22)(H,19,23)(H,20,21)(H,24,25). The van der Waals surface area contributed by atoms with E-state index < -0.39 is 47.9 Å². The minimum atomic E-state index is -1.17. The molecule has 0 bridgehead atoms. The van der Waals surface area contributed by atoms with E-state index in [1.165, 1.54) is 25.6 Å². The molecule has 0 aliphatic carbocycles. The molecule has 0 aromatic rings. The van der Waals surface area contributed by atoms with Crippen molar-refractivity contribution in [3.8, 4) is 0 Å². The Bertz CT molecular complexity index is 521. The third-order valence-electron chi connectivity index (χ3n) is 3.69. The Morgan fingerprint density at radius 3 is 1.89 bits per heavy atom. The number of amides is 3. The van der Waals surface area contributed by atoms with Gasteiger partial charge in [-0.05, 0) is 50.7 Å². The van der Waals surface area contributed by atoms with Crippen LogP contribution in [0.1, 0.15) is 26.7 Å². The molecule has 6 N–H and O–H groups in total. The van der Waals surface area contributed by atoms with E-state index in [4.69, 9.17) is 10.8 Å². The van der Waals surface area contributed by atoms with Gasteiger partial charge in [0.25, 0.3) is 0 Å².